The molecule has 2 aliphatic heterocycles. The number of carbonyl (C=O) groups excluding carboxylic acids is 3. The molecule has 1 aromatic carbocycles. The van der Waals surface area contributed by atoms with Gasteiger partial charge in [0.25, 0.3) is 5.91 Å². The predicted octanol–water partition coefficient (Wildman–Crippen LogP) is 5.73. The first-order valence-corrected chi connectivity index (χ1v) is 19.9. The van der Waals surface area contributed by atoms with Crippen LogP contribution in [0.15, 0.2) is 41.9 Å². The average Bonchev–Trinajstić information content (AvgIpc) is 3.44. The number of fused-ring (bicyclic) bond motifs is 6. The second-order valence-corrected chi connectivity index (χ2v) is 16.9. The van der Waals surface area contributed by atoms with Gasteiger partial charge in [0.1, 0.15) is 12.1 Å². The Bertz CT molecular complexity index is 2030. The van der Waals surface area contributed by atoms with Crippen molar-refractivity contribution in [1.29, 1.82) is 0 Å². The highest BCUT2D eigenvalue weighted by molar-refractivity contribution is 7.10. The Morgan fingerprint density at radius 3 is 2.72 bits per heavy atom. The van der Waals surface area contributed by atoms with Crippen molar-refractivity contribution >= 4 is 40.0 Å². The first-order chi connectivity index (χ1) is 25.9. The highest BCUT2D eigenvalue weighted by atomic mass is 32.1. The van der Waals surface area contributed by atoms with E-state index >= 15 is 0 Å². The Morgan fingerprint density at radius 2 is 1.98 bits per heavy atom. The fraction of sp³-hybridized carbons (Fsp3) is 0.537. The summed E-state index contributed by atoms with van der Waals surface area (Å²) in [4.78, 5) is 51.0. The zero-order valence-corrected chi connectivity index (χ0v) is 33.1. The van der Waals surface area contributed by atoms with Crippen molar-refractivity contribution in [1.82, 2.24) is 30.3 Å². The quantitative estimate of drug-likeness (QED) is 0.216. The van der Waals surface area contributed by atoms with Crippen LogP contribution in [-0.4, -0.2) is 83.4 Å². The van der Waals surface area contributed by atoms with Crippen molar-refractivity contribution in [2.45, 2.75) is 85.0 Å². The molecule has 2 fully saturated rings. The van der Waals surface area contributed by atoms with Gasteiger partial charge in [0.05, 0.1) is 41.4 Å². The second kappa shape index (κ2) is 15.5. The van der Waals surface area contributed by atoms with E-state index in [1.54, 1.807) is 20.4 Å². The minimum atomic E-state index is -0.841. The number of hydrogen-bond acceptors (Lipinski definition) is 10. The Balaban J connectivity index is 1.36. The molecule has 12 nitrogen and oxygen atoms in total. The lowest BCUT2D eigenvalue weighted by molar-refractivity contribution is -0.155. The Morgan fingerprint density at radius 1 is 1.19 bits per heavy atom. The molecular formula is C41H52N6O6S. The third-order valence-corrected chi connectivity index (χ3v) is 12.4. The van der Waals surface area contributed by atoms with Crippen molar-refractivity contribution < 1.29 is 28.6 Å². The number of aromatic nitrogens is 3. The van der Waals surface area contributed by atoms with Gasteiger partial charge in [0, 0.05) is 78.7 Å². The van der Waals surface area contributed by atoms with E-state index in [4.69, 9.17) is 24.2 Å². The molecule has 1 saturated heterocycles. The number of methoxy groups -OCH3 is 2. The van der Waals surface area contributed by atoms with E-state index in [-0.39, 0.29) is 48.7 Å². The molecule has 0 radical (unpaired) electrons. The molecule has 7 rings (SSSR count). The van der Waals surface area contributed by atoms with Crippen LogP contribution in [0.1, 0.15) is 69.8 Å². The molecule has 0 unspecified atom stereocenters. The summed E-state index contributed by atoms with van der Waals surface area (Å²) in [7, 11) is 3.40. The number of esters is 1. The summed E-state index contributed by atoms with van der Waals surface area (Å²) in [6, 6.07) is 8.94. The van der Waals surface area contributed by atoms with E-state index in [0.29, 0.717) is 39.0 Å². The molecule has 288 valence electrons. The highest BCUT2D eigenvalue weighted by Crippen LogP contribution is 2.46. The SMILES string of the molecule is COCCn1c(-c2cccnc2[C@H](C)OC)c2c3cc(ccc31)-c1csc(n1)C[C@H](NC(=O)[C@H]1[C@H](C)[C@@H]1C)C(=O)N1CCC[C@H](N1)C(=O)OCC(C)(C)C2. The van der Waals surface area contributed by atoms with Crippen LogP contribution in [0.2, 0.25) is 0 Å². The van der Waals surface area contributed by atoms with Crippen LogP contribution in [0.4, 0.5) is 0 Å². The minimum absolute atomic E-state index is 0.120. The lowest BCUT2D eigenvalue weighted by atomic mass is 9.84. The van der Waals surface area contributed by atoms with Crippen LogP contribution < -0.4 is 10.7 Å². The predicted molar refractivity (Wildman–Crippen MR) is 207 cm³/mol. The zero-order chi connectivity index (χ0) is 38.3. The lowest BCUT2D eigenvalue weighted by Gasteiger charge is -2.35. The topological polar surface area (TPSA) is 137 Å². The van der Waals surface area contributed by atoms with Crippen LogP contribution in [-0.2, 0) is 48.0 Å². The molecule has 6 bridgehead atoms. The number of benzene rings is 1. The molecule has 3 aliphatic rings. The van der Waals surface area contributed by atoms with Crippen molar-refractivity contribution in [3.8, 4) is 22.5 Å². The number of hydrazine groups is 1. The van der Waals surface area contributed by atoms with Gasteiger partial charge in [-0.3, -0.25) is 24.4 Å². The largest absolute Gasteiger partial charge is 0.464 e. The van der Waals surface area contributed by atoms with Crippen molar-refractivity contribution in [3.05, 3.63) is 58.2 Å². The highest BCUT2D eigenvalue weighted by Gasteiger charge is 2.49. The molecule has 1 saturated carbocycles. The van der Waals surface area contributed by atoms with Crippen molar-refractivity contribution in [3.63, 3.8) is 0 Å². The lowest BCUT2D eigenvalue weighted by Crippen LogP contribution is -2.60. The van der Waals surface area contributed by atoms with E-state index < -0.39 is 23.5 Å². The number of carbonyl (C=O) groups is 3. The average molecular weight is 757 g/mol. The fourth-order valence-electron chi connectivity index (χ4n) is 8.06. The van der Waals surface area contributed by atoms with Gasteiger partial charge in [-0.05, 0) is 67.9 Å². The molecular weight excluding hydrogens is 705 g/mol. The summed E-state index contributed by atoms with van der Waals surface area (Å²) in [5.74, 6) is -0.402. The monoisotopic (exact) mass is 756 g/mol. The van der Waals surface area contributed by atoms with E-state index in [1.165, 1.54) is 16.3 Å². The summed E-state index contributed by atoms with van der Waals surface area (Å²) in [6.07, 6.45) is 3.53. The smallest absolute Gasteiger partial charge is 0.324 e. The van der Waals surface area contributed by atoms with Crippen LogP contribution in [0.25, 0.3) is 33.4 Å². The van der Waals surface area contributed by atoms with E-state index in [0.717, 1.165) is 49.7 Å². The molecule has 2 amide bonds. The maximum Gasteiger partial charge on any atom is 0.324 e. The van der Waals surface area contributed by atoms with Gasteiger partial charge in [0.2, 0.25) is 5.91 Å². The molecule has 5 heterocycles. The third kappa shape index (κ3) is 7.56. The molecule has 3 aromatic heterocycles. The Hall–Kier alpha value is -4.17. The van der Waals surface area contributed by atoms with Gasteiger partial charge >= 0.3 is 5.97 Å². The van der Waals surface area contributed by atoms with Gasteiger partial charge in [-0.25, -0.2) is 10.4 Å². The molecule has 54 heavy (non-hydrogen) atoms. The normalized spacial score (nSPS) is 24.9. The Labute approximate surface area is 320 Å². The number of nitrogens with zero attached hydrogens (tertiary/aromatic N) is 4. The molecule has 0 spiro atoms. The number of pyridine rings is 1. The molecule has 6 atom stereocenters. The maximum atomic E-state index is 14.1. The fourth-order valence-corrected chi connectivity index (χ4v) is 8.91. The van der Waals surface area contributed by atoms with Gasteiger partial charge in [0.15, 0.2) is 0 Å². The Kier molecular flexibility index (Phi) is 11.0. The summed E-state index contributed by atoms with van der Waals surface area (Å²) in [5.41, 5.74) is 9.40. The summed E-state index contributed by atoms with van der Waals surface area (Å²) < 4.78 is 19.8. The first kappa shape index (κ1) is 38.1. The molecule has 2 N–H and O–H groups in total. The van der Waals surface area contributed by atoms with E-state index in [1.807, 2.05) is 18.4 Å². The standard InChI is InChI=1S/C41H52N6O6S/c1-23-24(2)35(23)38(48)44-31-19-34-43-32(21-54-34)26-12-13-33-28(18-26)29(20-41(4,5)22-53-40(50)30-11-9-15-47(45-30)39(31)49)37(46(33)16-17-51-6)27-10-8-14-42-36(27)25(3)52-7/h8,10,12-14,18,21,23-25,30-31,35,45H,9,11,15-17,19-20,22H2,1-7H3,(H,44,48)/t23-,24+,25-,30-,31-,35+/m0/s1. The van der Waals surface area contributed by atoms with Crippen LogP contribution >= 0.6 is 11.3 Å². The number of rotatable bonds is 8. The molecule has 4 aromatic rings. The van der Waals surface area contributed by atoms with Gasteiger partial charge < -0.3 is 24.1 Å². The third-order valence-electron chi connectivity index (χ3n) is 11.5. The van der Waals surface area contributed by atoms with Crippen molar-refractivity contribution in [2.75, 3.05) is 34.0 Å². The number of hydrogen-bond donors (Lipinski definition) is 2. The van der Waals surface area contributed by atoms with Gasteiger partial charge in [-0.1, -0.05) is 33.8 Å². The van der Waals surface area contributed by atoms with Gasteiger partial charge in [-0.15, -0.1) is 11.3 Å². The zero-order valence-electron chi connectivity index (χ0n) is 32.3. The number of amides is 2. The number of thiazole rings is 1. The number of nitrogens with one attached hydrogen (secondary N) is 2. The van der Waals surface area contributed by atoms with Crippen molar-refractivity contribution in [2.24, 2.45) is 23.2 Å². The van der Waals surface area contributed by atoms with Crippen LogP contribution in [0, 0.1) is 23.2 Å². The molecule has 1 aliphatic carbocycles. The summed E-state index contributed by atoms with van der Waals surface area (Å²) >= 11 is 1.48. The van der Waals surface area contributed by atoms with Gasteiger partial charge in [-0.2, -0.15) is 0 Å². The van der Waals surface area contributed by atoms with E-state index in [9.17, 15) is 14.4 Å². The van der Waals surface area contributed by atoms with Crippen LogP contribution in [0.5, 0.6) is 0 Å². The van der Waals surface area contributed by atoms with E-state index in [2.05, 4.69) is 67.3 Å². The maximum absolute atomic E-state index is 14.1. The molecule has 13 heteroatoms. The first-order valence-electron chi connectivity index (χ1n) is 19.0. The summed E-state index contributed by atoms with van der Waals surface area (Å²) in [5, 5.41) is 8.38. The number of ether oxygens (including phenoxy) is 3. The second-order valence-electron chi connectivity index (χ2n) is 15.9. The minimum Gasteiger partial charge on any atom is -0.464 e. The van der Waals surface area contributed by atoms with Crippen LogP contribution in [0.3, 0.4) is 0 Å². The summed E-state index contributed by atoms with van der Waals surface area (Å²) in [6.45, 7) is 12.0. The number of cyclic esters (lactones) is 1.